The fourth-order valence-corrected chi connectivity index (χ4v) is 3.13. The van der Waals surface area contributed by atoms with E-state index in [0.29, 0.717) is 6.54 Å². The molecule has 0 aromatic carbocycles. The number of nitrogens with one attached hydrogen (secondary N) is 1. The summed E-state index contributed by atoms with van der Waals surface area (Å²) in [4.78, 5) is 0. The van der Waals surface area contributed by atoms with E-state index in [2.05, 4.69) is 4.72 Å². The van der Waals surface area contributed by atoms with Gasteiger partial charge >= 0.3 is 0 Å². The summed E-state index contributed by atoms with van der Waals surface area (Å²) >= 11 is 1.57. The Labute approximate surface area is 89.2 Å². The highest BCUT2D eigenvalue weighted by Gasteiger charge is 2.11. The average Bonchev–Trinajstić information content (AvgIpc) is 2.50. The largest absolute Gasteiger partial charge is 0.212 e. The van der Waals surface area contributed by atoms with Crippen molar-refractivity contribution in [3.05, 3.63) is 22.4 Å². The summed E-state index contributed by atoms with van der Waals surface area (Å²) in [6, 6.07) is 1.92. The molecule has 0 saturated carbocycles. The van der Waals surface area contributed by atoms with Crippen molar-refractivity contribution in [1.29, 1.82) is 0 Å². The Balaban J connectivity index is 2.45. The molecule has 0 fully saturated rings. The lowest BCUT2D eigenvalue weighted by Crippen LogP contribution is -2.27. The van der Waals surface area contributed by atoms with Crippen LogP contribution in [0.2, 0.25) is 0 Å². The molecule has 1 rings (SSSR count). The van der Waals surface area contributed by atoms with Crippen LogP contribution in [0.5, 0.6) is 0 Å². The monoisotopic (exact) mass is 233 g/mol. The van der Waals surface area contributed by atoms with Gasteiger partial charge < -0.3 is 0 Å². The molecule has 0 aliphatic carbocycles. The number of hydrogen-bond acceptors (Lipinski definition) is 3. The summed E-state index contributed by atoms with van der Waals surface area (Å²) < 4.78 is 25.4. The van der Waals surface area contributed by atoms with Crippen LogP contribution in [0, 0.1) is 5.92 Å². The van der Waals surface area contributed by atoms with Crippen molar-refractivity contribution in [3.8, 4) is 0 Å². The molecule has 14 heavy (non-hydrogen) atoms. The molecule has 0 unspecified atom stereocenters. The molecule has 1 N–H and O–H groups in total. The number of rotatable bonds is 5. The third kappa shape index (κ3) is 4.21. The third-order valence-electron chi connectivity index (χ3n) is 1.63. The minimum Gasteiger partial charge on any atom is -0.212 e. The lowest BCUT2D eigenvalue weighted by atomic mass is 10.3. The Hall–Kier alpha value is -0.390. The molecule has 1 heterocycles. The summed E-state index contributed by atoms with van der Waals surface area (Å²) in [5.74, 6) is 0.354. The topological polar surface area (TPSA) is 46.2 Å². The van der Waals surface area contributed by atoms with E-state index in [0.717, 1.165) is 5.56 Å². The molecule has 0 saturated heterocycles. The smallest absolute Gasteiger partial charge is 0.212 e. The Kier molecular flexibility index (Phi) is 4.10. The van der Waals surface area contributed by atoms with E-state index in [1.54, 1.807) is 11.3 Å². The van der Waals surface area contributed by atoms with Gasteiger partial charge in [-0.1, -0.05) is 13.8 Å². The Morgan fingerprint density at radius 1 is 1.50 bits per heavy atom. The van der Waals surface area contributed by atoms with Crippen LogP contribution in [-0.4, -0.2) is 14.2 Å². The first-order valence-corrected chi connectivity index (χ1v) is 7.07. The maximum atomic E-state index is 11.4. The molecule has 0 aliphatic rings. The molecule has 0 bridgehead atoms. The van der Waals surface area contributed by atoms with E-state index < -0.39 is 10.0 Å². The first kappa shape index (κ1) is 11.7. The second kappa shape index (κ2) is 4.91. The van der Waals surface area contributed by atoms with Crippen molar-refractivity contribution in [2.45, 2.75) is 20.4 Å². The predicted octanol–water partition coefficient (Wildman–Crippen LogP) is 1.82. The van der Waals surface area contributed by atoms with Gasteiger partial charge in [0.2, 0.25) is 10.0 Å². The molecular weight excluding hydrogens is 218 g/mol. The lowest BCUT2D eigenvalue weighted by Gasteiger charge is -2.07. The molecule has 1 aromatic heterocycles. The second-order valence-corrected chi connectivity index (χ2v) is 6.26. The molecule has 0 spiro atoms. The SMILES string of the molecule is CC(C)CS(=O)(=O)NCc1ccsc1. The fraction of sp³-hybridized carbons (Fsp3) is 0.556. The van der Waals surface area contributed by atoms with Gasteiger partial charge in [0.25, 0.3) is 0 Å². The van der Waals surface area contributed by atoms with Crippen LogP contribution in [0.4, 0.5) is 0 Å². The van der Waals surface area contributed by atoms with Crippen LogP contribution < -0.4 is 4.72 Å². The Bertz CT molecular complexity index is 354. The van der Waals surface area contributed by atoms with E-state index in [1.165, 1.54) is 0 Å². The van der Waals surface area contributed by atoms with Gasteiger partial charge in [-0.3, -0.25) is 0 Å². The lowest BCUT2D eigenvalue weighted by molar-refractivity contribution is 0.568. The van der Waals surface area contributed by atoms with Crippen molar-refractivity contribution >= 4 is 21.4 Å². The summed E-state index contributed by atoms with van der Waals surface area (Å²) in [7, 11) is -3.10. The number of sulfonamides is 1. The van der Waals surface area contributed by atoms with E-state index in [9.17, 15) is 8.42 Å². The average molecular weight is 233 g/mol. The van der Waals surface area contributed by atoms with Gasteiger partial charge in [-0.05, 0) is 28.3 Å². The minimum atomic E-state index is -3.10. The van der Waals surface area contributed by atoms with E-state index >= 15 is 0 Å². The molecule has 0 radical (unpaired) electrons. The van der Waals surface area contributed by atoms with Gasteiger partial charge in [-0.25, -0.2) is 13.1 Å². The van der Waals surface area contributed by atoms with Crippen molar-refractivity contribution in [1.82, 2.24) is 4.72 Å². The molecule has 3 nitrogen and oxygen atoms in total. The highest BCUT2D eigenvalue weighted by molar-refractivity contribution is 7.89. The predicted molar refractivity (Wildman–Crippen MR) is 59.8 cm³/mol. The standard InChI is InChI=1S/C9H15NO2S2/c1-8(2)7-14(11,12)10-5-9-3-4-13-6-9/h3-4,6,8,10H,5,7H2,1-2H3. The van der Waals surface area contributed by atoms with Gasteiger partial charge in [-0.15, -0.1) is 0 Å². The normalized spacial score (nSPS) is 12.2. The van der Waals surface area contributed by atoms with Gasteiger partial charge in [-0.2, -0.15) is 11.3 Å². The fourth-order valence-electron chi connectivity index (χ4n) is 1.08. The Morgan fingerprint density at radius 3 is 2.71 bits per heavy atom. The molecule has 5 heteroatoms. The molecule has 0 atom stereocenters. The first-order valence-electron chi connectivity index (χ1n) is 4.48. The van der Waals surface area contributed by atoms with Crippen LogP contribution in [0.1, 0.15) is 19.4 Å². The van der Waals surface area contributed by atoms with Crippen molar-refractivity contribution in [2.75, 3.05) is 5.75 Å². The molecule has 1 aromatic rings. The zero-order valence-electron chi connectivity index (χ0n) is 8.36. The highest BCUT2D eigenvalue weighted by Crippen LogP contribution is 2.06. The zero-order chi connectivity index (χ0) is 10.6. The van der Waals surface area contributed by atoms with Crippen LogP contribution in [0.25, 0.3) is 0 Å². The number of hydrogen-bond donors (Lipinski definition) is 1. The molecule has 0 amide bonds. The number of thiophene rings is 1. The summed E-state index contributed by atoms with van der Waals surface area (Å²) in [6.45, 7) is 4.19. The molecule has 80 valence electrons. The van der Waals surface area contributed by atoms with Crippen LogP contribution in [0.3, 0.4) is 0 Å². The van der Waals surface area contributed by atoms with Crippen LogP contribution >= 0.6 is 11.3 Å². The maximum Gasteiger partial charge on any atom is 0.212 e. The third-order valence-corrected chi connectivity index (χ3v) is 4.05. The van der Waals surface area contributed by atoms with Gasteiger partial charge in [0.1, 0.15) is 0 Å². The summed E-state index contributed by atoms with van der Waals surface area (Å²) in [5, 5.41) is 3.88. The van der Waals surface area contributed by atoms with Gasteiger partial charge in [0.15, 0.2) is 0 Å². The quantitative estimate of drug-likeness (QED) is 0.843. The summed E-state index contributed by atoms with van der Waals surface area (Å²) in [6.07, 6.45) is 0. The van der Waals surface area contributed by atoms with Gasteiger partial charge in [0.05, 0.1) is 5.75 Å². The zero-order valence-corrected chi connectivity index (χ0v) is 9.99. The van der Waals surface area contributed by atoms with Crippen LogP contribution in [-0.2, 0) is 16.6 Å². The minimum absolute atomic E-state index is 0.162. The molecule has 0 aliphatic heterocycles. The van der Waals surface area contributed by atoms with Gasteiger partial charge in [0, 0.05) is 6.54 Å². The van der Waals surface area contributed by atoms with Crippen LogP contribution in [0.15, 0.2) is 16.8 Å². The van der Waals surface area contributed by atoms with Crippen molar-refractivity contribution < 1.29 is 8.42 Å². The van der Waals surface area contributed by atoms with Crippen molar-refractivity contribution in [2.24, 2.45) is 5.92 Å². The summed E-state index contributed by atoms with van der Waals surface area (Å²) in [5.41, 5.74) is 1.02. The Morgan fingerprint density at radius 2 is 2.21 bits per heavy atom. The maximum absolute atomic E-state index is 11.4. The van der Waals surface area contributed by atoms with E-state index in [4.69, 9.17) is 0 Å². The highest BCUT2D eigenvalue weighted by atomic mass is 32.2. The first-order chi connectivity index (χ1) is 6.49. The molecular formula is C9H15NO2S2. The second-order valence-electron chi connectivity index (χ2n) is 3.63. The van der Waals surface area contributed by atoms with E-state index in [1.807, 2.05) is 30.7 Å². The van der Waals surface area contributed by atoms with Crippen molar-refractivity contribution in [3.63, 3.8) is 0 Å². The van der Waals surface area contributed by atoms with E-state index in [-0.39, 0.29) is 11.7 Å².